The van der Waals surface area contributed by atoms with E-state index in [1.54, 1.807) is 0 Å². The lowest BCUT2D eigenvalue weighted by molar-refractivity contribution is -0.130. The Kier molecular flexibility index (Phi) is 6.64. The van der Waals surface area contributed by atoms with Gasteiger partial charge in [-0.1, -0.05) is 43.3 Å². The van der Waals surface area contributed by atoms with Crippen molar-refractivity contribution in [2.24, 2.45) is 5.16 Å². The topological polar surface area (TPSA) is 96.9 Å². The summed E-state index contributed by atoms with van der Waals surface area (Å²) in [7, 11) is 1.47. The molecule has 8 nitrogen and oxygen atoms in total. The second-order valence-corrected chi connectivity index (χ2v) is 7.35. The summed E-state index contributed by atoms with van der Waals surface area (Å²) in [4.78, 5) is 29.9. The fourth-order valence-corrected chi connectivity index (χ4v) is 3.36. The van der Waals surface area contributed by atoms with Gasteiger partial charge in [0.2, 0.25) is 5.91 Å². The highest BCUT2D eigenvalue weighted by Gasteiger charge is 2.24. The molecule has 0 atom stereocenters. The van der Waals surface area contributed by atoms with E-state index in [2.05, 4.69) is 58.1 Å². The van der Waals surface area contributed by atoms with Gasteiger partial charge < -0.3 is 20.4 Å². The largest absolute Gasteiger partial charge is 0.399 e. The SMILES string of the molecule is CO/N=C/c1c(N)ncnc1N1CCN(C(=O)Cc2ccc(C(C)C)cc2)CC1. The van der Waals surface area contributed by atoms with Crippen LogP contribution in [0.1, 0.15) is 36.5 Å². The van der Waals surface area contributed by atoms with Crippen LogP contribution in [0.25, 0.3) is 0 Å². The van der Waals surface area contributed by atoms with Gasteiger partial charge in [0.15, 0.2) is 0 Å². The molecule has 29 heavy (non-hydrogen) atoms. The molecule has 3 rings (SSSR count). The number of hydrogen-bond acceptors (Lipinski definition) is 7. The van der Waals surface area contributed by atoms with E-state index in [1.165, 1.54) is 25.2 Å². The molecule has 2 N–H and O–H groups in total. The number of hydrogen-bond donors (Lipinski definition) is 1. The van der Waals surface area contributed by atoms with Crippen molar-refractivity contribution in [3.8, 4) is 0 Å². The number of carbonyl (C=O) groups is 1. The second kappa shape index (κ2) is 9.36. The minimum atomic E-state index is 0.144. The van der Waals surface area contributed by atoms with Gasteiger partial charge in [-0.2, -0.15) is 0 Å². The molecule has 1 fully saturated rings. The Labute approximate surface area is 171 Å². The first-order valence-corrected chi connectivity index (χ1v) is 9.78. The molecule has 2 aromatic rings. The van der Waals surface area contributed by atoms with Gasteiger partial charge in [0.1, 0.15) is 25.1 Å². The van der Waals surface area contributed by atoms with Crippen LogP contribution in [0.15, 0.2) is 35.7 Å². The summed E-state index contributed by atoms with van der Waals surface area (Å²) in [5, 5.41) is 3.79. The van der Waals surface area contributed by atoms with Crippen LogP contribution >= 0.6 is 0 Å². The van der Waals surface area contributed by atoms with Gasteiger partial charge in [-0.25, -0.2) is 9.97 Å². The van der Waals surface area contributed by atoms with Crippen LogP contribution in [0.4, 0.5) is 11.6 Å². The summed E-state index contributed by atoms with van der Waals surface area (Å²) >= 11 is 0. The van der Waals surface area contributed by atoms with Crippen LogP contribution in [0.3, 0.4) is 0 Å². The maximum absolute atomic E-state index is 12.7. The number of oxime groups is 1. The zero-order chi connectivity index (χ0) is 20.8. The van der Waals surface area contributed by atoms with E-state index in [-0.39, 0.29) is 5.91 Å². The normalized spacial score (nSPS) is 14.6. The van der Waals surface area contributed by atoms with Crippen LogP contribution in [-0.2, 0) is 16.1 Å². The predicted octanol–water partition coefficient (Wildman–Crippen LogP) is 2.05. The van der Waals surface area contributed by atoms with Gasteiger partial charge in [0.05, 0.1) is 18.2 Å². The molecular formula is C21H28N6O2. The minimum Gasteiger partial charge on any atom is -0.399 e. The van der Waals surface area contributed by atoms with Crippen molar-refractivity contribution < 1.29 is 9.63 Å². The van der Waals surface area contributed by atoms with E-state index in [4.69, 9.17) is 10.6 Å². The van der Waals surface area contributed by atoms with Crippen LogP contribution in [0.5, 0.6) is 0 Å². The Balaban J connectivity index is 1.61. The molecule has 0 bridgehead atoms. The first-order valence-electron chi connectivity index (χ1n) is 9.78. The van der Waals surface area contributed by atoms with Crippen LogP contribution in [0.2, 0.25) is 0 Å². The van der Waals surface area contributed by atoms with Gasteiger partial charge in [-0.05, 0) is 17.0 Å². The Hall–Kier alpha value is -3.16. The molecule has 0 spiro atoms. The number of carbonyl (C=O) groups excluding carboxylic acids is 1. The summed E-state index contributed by atoms with van der Waals surface area (Å²) in [5.41, 5.74) is 8.92. The highest BCUT2D eigenvalue weighted by atomic mass is 16.6. The Bertz CT molecular complexity index is 858. The Morgan fingerprint density at radius 1 is 1.21 bits per heavy atom. The number of piperazine rings is 1. The number of nitrogens with zero attached hydrogens (tertiary/aromatic N) is 5. The fraction of sp³-hybridized carbons (Fsp3) is 0.429. The molecule has 1 saturated heterocycles. The highest BCUT2D eigenvalue weighted by Crippen LogP contribution is 2.21. The van der Waals surface area contributed by atoms with E-state index < -0.39 is 0 Å². The molecule has 154 valence electrons. The summed E-state index contributed by atoms with van der Waals surface area (Å²) in [6, 6.07) is 8.31. The van der Waals surface area contributed by atoms with E-state index in [0.29, 0.717) is 55.7 Å². The molecule has 0 radical (unpaired) electrons. The molecule has 0 aliphatic carbocycles. The van der Waals surface area contributed by atoms with Crippen molar-refractivity contribution in [3.05, 3.63) is 47.3 Å². The molecule has 0 unspecified atom stereocenters. The smallest absolute Gasteiger partial charge is 0.227 e. The molecule has 8 heteroatoms. The molecular weight excluding hydrogens is 368 g/mol. The minimum absolute atomic E-state index is 0.144. The number of amides is 1. The number of anilines is 2. The average Bonchev–Trinajstić information content (AvgIpc) is 2.73. The first kappa shape index (κ1) is 20.6. The van der Waals surface area contributed by atoms with Crippen molar-refractivity contribution in [1.82, 2.24) is 14.9 Å². The van der Waals surface area contributed by atoms with Crippen molar-refractivity contribution in [1.29, 1.82) is 0 Å². The third kappa shape index (κ3) is 5.01. The summed E-state index contributed by atoms with van der Waals surface area (Å²) < 4.78 is 0. The van der Waals surface area contributed by atoms with Crippen LogP contribution in [-0.4, -0.2) is 60.3 Å². The molecule has 1 aliphatic rings. The van der Waals surface area contributed by atoms with Crippen molar-refractivity contribution in [2.45, 2.75) is 26.2 Å². The van der Waals surface area contributed by atoms with E-state index in [0.717, 1.165) is 5.56 Å². The lowest BCUT2D eigenvalue weighted by Crippen LogP contribution is -2.49. The fourth-order valence-electron chi connectivity index (χ4n) is 3.36. The van der Waals surface area contributed by atoms with Crippen molar-refractivity contribution in [3.63, 3.8) is 0 Å². The molecule has 0 saturated carbocycles. The maximum atomic E-state index is 12.7. The Morgan fingerprint density at radius 2 is 1.90 bits per heavy atom. The van der Waals surface area contributed by atoms with E-state index in [1.807, 2.05) is 4.90 Å². The standard InChI is InChI=1S/C21H28N6O2/c1-15(2)17-6-4-16(5-7-17)12-19(28)26-8-10-27(11-9-26)21-18(13-25-29-3)20(22)23-14-24-21/h4-7,13-15H,8-12H2,1-3H3,(H2,22,23,24)/b25-13+. The average molecular weight is 396 g/mol. The summed E-state index contributed by atoms with van der Waals surface area (Å²) in [6.07, 6.45) is 3.38. The Morgan fingerprint density at radius 3 is 2.52 bits per heavy atom. The quantitative estimate of drug-likeness (QED) is 0.593. The van der Waals surface area contributed by atoms with Gasteiger partial charge >= 0.3 is 0 Å². The second-order valence-electron chi connectivity index (χ2n) is 7.35. The zero-order valence-electron chi connectivity index (χ0n) is 17.2. The zero-order valence-corrected chi connectivity index (χ0v) is 17.2. The van der Waals surface area contributed by atoms with E-state index >= 15 is 0 Å². The first-order chi connectivity index (χ1) is 14.0. The highest BCUT2D eigenvalue weighted by molar-refractivity contribution is 5.91. The third-order valence-corrected chi connectivity index (χ3v) is 5.11. The number of nitrogens with two attached hydrogens (primary N) is 1. The number of nitrogen functional groups attached to an aromatic ring is 1. The number of benzene rings is 1. The summed E-state index contributed by atoms with van der Waals surface area (Å²) in [6.45, 7) is 6.93. The lowest BCUT2D eigenvalue weighted by atomic mass is 10.0. The third-order valence-electron chi connectivity index (χ3n) is 5.11. The molecule has 2 heterocycles. The van der Waals surface area contributed by atoms with Crippen LogP contribution < -0.4 is 10.6 Å². The van der Waals surface area contributed by atoms with Crippen molar-refractivity contribution in [2.75, 3.05) is 43.9 Å². The number of rotatable bonds is 6. The number of aromatic nitrogens is 2. The molecule has 1 aliphatic heterocycles. The van der Waals surface area contributed by atoms with Crippen LogP contribution in [0, 0.1) is 0 Å². The molecule has 1 aromatic carbocycles. The van der Waals surface area contributed by atoms with E-state index in [9.17, 15) is 4.79 Å². The lowest BCUT2D eigenvalue weighted by Gasteiger charge is -2.36. The predicted molar refractivity (Wildman–Crippen MR) is 114 cm³/mol. The monoisotopic (exact) mass is 396 g/mol. The van der Waals surface area contributed by atoms with Gasteiger partial charge in [-0.3, -0.25) is 4.79 Å². The molecule has 1 amide bonds. The van der Waals surface area contributed by atoms with Gasteiger partial charge in [0.25, 0.3) is 0 Å². The van der Waals surface area contributed by atoms with Crippen molar-refractivity contribution >= 4 is 23.8 Å². The van der Waals surface area contributed by atoms with Gasteiger partial charge in [0, 0.05) is 26.2 Å². The molecule has 1 aromatic heterocycles. The summed E-state index contributed by atoms with van der Waals surface area (Å²) in [5.74, 6) is 1.68. The maximum Gasteiger partial charge on any atom is 0.227 e. The van der Waals surface area contributed by atoms with Gasteiger partial charge in [-0.15, -0.1) is 0 Å².